The molecule has 0 spiro atoms. The first-order valence-corrected chi connectivity index (χ1v) is 19.8. The molecule has 1 aliphatic carbocycles. The van der Waals surface area contributed by atoms with Gasteiger partial charge in [0.15, 0.2) is 0 Å². The molecule has 2 aromatic carbocycles. The summed E-state index contributed by atoms with van der Waals surface area (Å²) in [6.07, 6.45) is 16.1. The number of esters is 4. The quantitative estimate of drug-likeness (QED) is 0.0394. The predicted molar refractivity (Wildman–Crippen MR) is 208 cm³/mol. The molecule has 0 unspecified atom stereocenters. The van der Waals surface area contributed by atoms with E-state index in [1.54, 1.807) is 36.4 Å². The van der Waals surface area contributed by atoms with Crippen LogP contribution in [0.1, 0.15) is 103 Å². The maximum atomic E-state index is 13.0. The standard InChI is InChI=1S/C42H54Cl2O10/c1-3-39(45)51-27-15-11-7-5-9-13-25-49-33-21-23-37(35(43)29-33)53-41(47)31-17-19-32(20-18-31)42(48)54-38-24-22-34(30-36(38)44)50-26-14-10-6-8-12-16-28-52-40(46)4-2/h3-4,21-24,29-32H,1-2,5-20,25-28H2. The molecular weight excluding hydrogens is 735 g/mol. The van der Waals surface area contributed by atoms with E-state index in [0.717, 1.165) is 77.0 Å². The lowest BCUT2D eigenvalue weighted by atomic mass is 9.82. The molecule has 0 radical (unpaired) electrons. The second-order valence-electron chi connectivity index (χ2n) is 13.3. The van der Waals surface area contributed by atoms with E-state index in [1.807, 2.05) is 0 Å². The predicted octanol–water partition coefficient (Wildman–Crippen LogP) is 10.2. The Labute approximate surface area is 329 Å². The molecule has 2 aromatic rings. The molecule has 1 fully saturated rings. The van der Waals surface area contributed by atoms with E-state index in [4.69, 9.17) is 51.6 Å². The monoisotopic (exact) mass is 788 g/mol. The number of halogens is 2. The van der Waals surface area contributed by atoms with Crippen LogP contribution in [0.2, 0.25) is 10.0 Å². The summed E-state index contributed by atoms with van der Waals surface area (Å²) in [5.74, 6) is -0.469. The number of benzene rings is 2. The van der Waals surface area contributed by atoms with E-state index >= 15 is 0 Å². The van der Waals surface area contributed by atoms with E-state index in [9.17, 15) is 19.2 Å². The lowest BCUT2D eigenvalue weighted by Crippen LogP contribution is -2.30. The lowest BCUT2D eigenvalue weighted by molar-refractivity contribution is -0.145. The Bertz CT molecular complexity index is 1390. The van der Waals surface area contributed by atoms with Gasteiger partial charge in [0.1, 0.15) is 23.0 Å². The fraction of sp³-hybridized carbons (Fsp3) is 0.524. The first-order valence-electron chi connectivity index (χ1n) is 19.1. The molecular formula is C42H54Cl2O10. The van der Waals surface area contributed by atoms with Gasteiger partial charge < -0.3 is 28.4 Å². The second kappa shape index (κ2) is 25.9. The van der Waals surface area contributed by atoms with Gasteiger partial charge >= 0.3 is 23.9 Å². The van der Waals surface area contributed by atoms with Gasteiger partial charge in [-0.1, -0.05) is 87.7 Å². The maximum Gasteiger partial charge on any atom is 0.330 e. The van der Waals surface area contributed by atoms with Gasteiger partial charge in [-0.15, -0.1) is 0 Å². The molecule has 10 nitrogen and oxygen atoms in total. The van der Waals surface area contributed by atoms with E-state index < -0.39 is 0 Å². The van der Waals surface area contributed by atoms with Crippen molar-refractivity contribution in [3.05, 3.63) is 71.8 Å². The zero-order valence-corrected chi connectivity index (χ0v) is 32.7. The molecule has 54 heavy (non-hydrogen) atoms. The van der Waals surface area contributed by atoms with E-state index in [0.29, 0.717) is 63.6 Å². The zero-order valence-electron chi connectivity index (χ0n) is 31.2. The number of hydrogen-bond acceptors (Lipinski definition) is 10. The molecule has 1 saturated carbocycles. The molecule has 0 atom stereocenters. The average molecular weight is 790 g/mol. The summed E-state index contributed by atoms with van der Waals surface area (Å²) >= 11 is 12.8. The largest absolute Gasteiger partial charge is 0.494 e. The number of ether oxygens (including phenoxy) is 6. The highest BCUT2D eigenvalue weighted by Gasteiger charge is 2.32. The minimum absolute atomic E-state index is 0.272. The van der Waals surface area contributed by atoms with Crippen molar-refractivity contribution < 1.29 is 47.6 Å². The first-order chi connectivity index (χ1) is 26.2. The van der Waals surface area contributed by atoms with Crippen molar-refractivity contribution in [2.45, 2.75) is 103 Å². The maximum absolute atomic E-state index is 13.0. The molecule has 12 heteroatoms. The highest BCUT2D eigenvalue weighted by molar-refractivity contribution is 6.32. The summed E-state index contributed by atoms with van der Waals surface area (Å²) in [5.41, 5.74) is 0. The highest BCUT2D eigenvalue weighted by Crippen LogP contribution is 2.35. The minimum atomic E-state index is -0.384. The number of rotatable bonds is 26. The van der Waals surface area contributed by atoms with Crippen molar-refractivity contribution in [1.82, 2.24) is 0 Å². The van der Waals surface area contributed by atoms with Gasteiger partial charge in [0.2, 0.25) is 0 Å². The molecule has 0 aromatic heterocycles. The van der Waals surface area contributed by atoms with E-state index in [2.05, 4.69) is 13.2 Å². The number of unbranched alkanes of at least 4 members (excludes halogenated alkanes) is 10. The van der Waals surface area contributed by atoms with Crippen molar-refractivity contribution in [2.24, 2.45) is 11.8 Å². The third-order valence-electron chi connectivity index (χ3n) is 9.06. The Balaban J connectivity index is 1.27. The van der Waals surface area contributed by atoms with Gasteiger partial charge in [-0.2, -0.15) is 0 Å². The second-order valence-corrected chi connectivity index (χ2v) is 14.1. The van der Waals surface area contributed by atoms with Crippen molar-refractivity contribution in [2.75, 3.05) is 26.4 Å². The third-order valence-corrected chi connectivity index (χ3v) is 9.65. The van der Waals surface area contributed by atoms with Crippen LogP contribution in [0.4, 0.5) is 0 Å². The summed E-state index contributed by atoms with van der Waals surface area (Å²) in [6.45, 7) is 8.70. The summed E-state index contributed by atoms with van der Waals surface area (Å²) < 4.78 is 32.8. The number of carbonyl (C=O) groups excluding carboxylic acids is 4. The van der Waals surface area contributed by atoms with E-state index in [-0.39, 0.29) is 57.3 Å². The van der Waals surface area contributed by atoms with Gasteiger partial charge in [0.25, 0.3) is 0 Å². The Morgan fingerprint density at radius 2 is 0.870 bits per heavy atom. The van der Waals surface area contributed by atoms with Crippen LogP contribution >= 0.6 is 23.2 Å². The van der Waals surface area contributed by atoms with Crippen molar-refractivity contribution in [1.29, 1.82) is 0 Å². The SMILES string of the molecule is C=CC(=O)OCCCCCCCCOc1ccc(OC(=O)C2CCC(C(=O)Oc3ccc(OCCCCCCCCOC(=O)C=C)cc3Cl)CC2)c(Cl)c1. The topological polar surface area (TPSA) is 124 Å². The Hall–Kier alpha value is -4.02. The van der Waals surface area contributed by atoms with Crippen LogP contribution in [0, 0.1) is 11.8 Å². The van der Waals surface area contributed by atoms with E-state index in [1.165, 1.54) is 12.2 Å². The molecule has 0 amide bonds. The molecule has 3 rings (SSSR count). The van der Waals surface area contributed by atoms with Gasteiger partial charge in [-0.25, -0.2) is 9.59 Å². The molecule has 0 N–H and O–H groups in total. The molecule has 0 heterocycles. The van der Waals surface area contributed by atoms with Crippen molar-refractivity contribution >= 4 is 47.1 Å². The third kappa shape index (κ3) is 17.4. The van der Waals surface area contributed by atoms with Crippen LogP contribution in [0.15, 0.2) is 61.7 Å². The average Bonchev–Trinajstić information content (AvgIpc) is 3.17. The summed E-state index contributed by atoms with van der Waals surface area (Å²) in [4.78, 5) is 48.0. The van der Waals surface area contributed by atoms with Crippen molar-refractivity contribution in [3.63, 3.8) is 0 Å². The molecule has 0 bridgehead atoms. The van der Waals surface area contributed by atoms with Crippen molar-refractivity contribution in [3.8, 4) is 23.0 Å². The summed E-state index contributed by atoms with van der Waals surface area (Å²) in [6, 6.07) is 10.0. The van der Waals surface area contributed by atoms with Crippen LogP contribution < -0.4 is 18.9 Å². The van der Waals surface area contributed by atoms with Crippen LogP contribution in [0.25, 0.3) is 0 Å². The Morgan fingerprint density at radius 3 is 1.20 bits per heavy atom. The van der Waals surface area contributed by atoms with Crippen LogP contribution in [0.3, 0.4) is 0 Å². The Morgan fingerprint density at radius 1 is 0.537 bits per heavy atom. The summed E-state index contributed by atoms with van der Waals surface area (Å²) in [5, 5.41) is 0.579. The van der Waals surface area contributed by atoms with Gasteiger partial charge in [-0.3, -0.25) is 9.59 Å². The first kappa shape index (κ1) is 44.4. The molecule has 296 valence electrons. The molecule has 1 aliphatic rings. The lowest BCUT2D eigenvalue weighted by Gasteiger charge is -2.26. The number of carbonyl (C=O) groups is 4. The normalized spacial score (nSPS) is 15.1. The van der Waals surface area contributed by atoms with Gasteiger partial charge in [-0.05, 0) is 75.6 Å². The van der Waals surface area contributed by atoms with Crippen LogP contribution in [0.5, 0.6) is 23.0 Å². The fourth-order valence-corrected chi connectivity index (χ4v) is 6.34. The number of hydrogen-bond donors (Lipinski definition) is 0. The molecule has 0 saturated heterocycles. The smallest absolute Gasteiger partial charge is 0.330 e. The summed E-state index contributed by atoms with van der Waals surface area (Å²) in [7, 11) is 0. The van der Waals surface area contributed by atoms with Crippen LogP contribution in [-0.4, -0.2) is 50.3 Å². The fourth-order valence-electron chi connectivity index (χ4n) is 5.92. The molecule has 0 aliphatic heterocycles. The van der Waals surface area contributed by atoms with Gasteiger partial charge in [0, 0.05) is 24.3 Å². The van der Waals surface area contributed by atoms with Crippen LogP contribution in [-0.2, 0) is 28.7 Å². The zero-order chi connectivity index (χ0) is 39.0. The Kier molecular flexibility index (Phi) is 21.3. The minimum Gasteiger partial charge on any atom is -0.494 e. The highest BCUT2D eigenvalue weighted by atomic mass is 35.5. The van der Waals surface area contributed by atoms with Gasteiger partial charge in [0.05, 0.1) is 48.3 Å².